The molecule has 0 aromatic heterocycles. The van der Waals surface area contributed by atoms with E-state index in [-0.39, 0.29) is 17.2 Å². The second-order valence-corrected chi connectivity index (χ2v) is 4.38. The largest absolute Gasteiger partial charge is 0.504 e. The minimum atomic E-state index is -1.11. The molecule has 0 radical (unpaired) electrons. The highest BCUT2D eigenvalue weighted by Crippen LogP contribution is 2.24. The number of carbonyl (C=O) groups is 2. The Hall–Kier alpha value is -2.24. The van der Waals surface area contributed by atoms with Gasteiger partial charge in [-0.1, -0.05) is 20.3 Å². The van der Waals surface area contributed by atoms with Crippen LogP contribution in [0.15, 0.2) is 18.2 Å². The van der Waals surface area contributed by atoms with Crippen LogP contribution >= 0.6 is 0 Å². The summed E-state index contributed by atoms with van der Waals surface area (Å²) in [6.07, 6.45) is 0.609. The fraction of sp³-hybridized carbons (Fsp3) is 0.385. The molecule has 0 aliphatic rings. The van der Waals surface area contributed by atoms with Crippen LogP contribution in [-0.2, 0) is 4.79 Å². The van der Waals surface area contributed by atoms with Crippen molar-refractivity contribution in [3.05, 3.63) is 23.8 Å². The summed E-state index contributed by atoms with van der Waals surface area (Å²) in [5.41, 5.74) is 0.0878. The van der Waals surface area contributed by atoms with Gasteiger partial charge in [-0.3, -0.25) is 4.79 Å². The van der Waals surface area contributed by atoms with E-state index in [9.17, 15) is 14.7 Å². The number of carboxylic acids is 1. The summed E-state index contributed by atoms with van der Waals surface area (Å²) in [7, 11) is 0. The van der Waals surface area contributed by atoms with E-state index >= 15 is 0 Å². The van der Waals surface area contributed by atoms with Gasteiger partial charge in [-0.05, 0) is 24.1 Å². The molecule has 104 valence electrons. The Kier molecular flexibility index (Phi) is 4.74. The minimum absolute atomic E-state index is 0.0878. The van der Waals surface area contributed by atoms with Gasteiger partial charge in [-0.2, -0.15) is 0 Å². The topological polar surface area (TPSA) is 107 Å². The van der Waals surface area contributed by atoms with Crippen LogP contribution in [0.4, 0.5) is 0 Å². The van der Waals surface area contributed by atoms with Crippen molar-refractivity contribution in [2.24, 2.45) is 5.92 Å². The first-order valence-corrected chi connectivity index (χ1v) is 5.92. The number of hydrogen-bond donors (Lipinski definition) is 4. The van der Waals surface area contributed by atoms with Crippen molar-refractivity contribution in [2.45, 2.75) is 26.3 Å². The third-order valence-corrected chi connectivity index (χ3v) is 3.00. The van der Waals surface area contributed by atoms with Crippen molar-refractivity contribution in [2.75, 3.05) is 0 Å². The predicted octanol–water partition coefficient (Wildman–Crippen LogP) is 1.33. The molecule has 0 saturated carbocycles. The molecule has 6 heteroatoms. The molecule has 0 bridgehead atoms. The molecular weight excluding hydrogens is 250 g/mol. The third kappa shape index (κ3) is 3.61. The number of amides is 1. The molecule has 6 nitrogen and oxygen atoms in total. The number of rotatable bonds is 5. The normalized spacial score (nSPS) is 13.6. The average Bonchev–Trinajstić information content (AvgIpc) is 2.37. The Morgan fingerprint density at radius 3 is 2.37 bits per heavy atom. The van der Waals surface area contributed by atoms with E-state index in [0.717, 1.165) is 6.07 Å². The van der Waals surface area contributed by atoms with E-state index in [1.807, 2.05) is 6.92 Å². The first-order chi connectivity index (χ1) is 8.86. The van der Waals surface area contributed by atoms with Gasteiger partial charge >= 0.3 is 5.97 Å². The molecule has 1 aromatic carbocycles. The number of carboxylic acid groups (broad SMARTS) is 1. The van der Waals surface area contributed by atoms with Gasteiger partial charge < -0.3 is 20.6 Å². The first kappa shape index (κ1) is 14.8. The molecule has 19 heavy (non-hydrogen) atoms. The second kappa shape index (κ2) is 6.08. The van der Waals surface area contributed by atoms with Crippen molar-refractivity contribution in [1.29, 1.82) is 0 Å². The molecular formula is C13H17NO5. The highest BCUT2D eigenvalue weighted by molar-refractivity contribution is 5.97. The van der Waals surface area contributed by atoms with Gasteiger partial charge in [0.25, 0.3) is 5.91 Å². The fourth-order valence-electron chi connectivity index (χ4n) is 1.57. The molecule has 1 aromatic rings. The van der Waals surface area contributed by atoms with Gasteiger partial charge in [0, 0.05) is 5.56 Å². The zero-order valence-electron chi connectivity index (χ0n) is 10.8. The van der Waals surface area contributed by atoms with E-state index in [2.05, 4.69) is 5.32 Å². The molecule has 1 rings (SSSR count). The zero-order valence-corrected chi connectivity index (χ0v) is 10.8. The van der Waals surface area contributed by atoms with Crippen molar-refractivity contribution in [1.82, 2.24) is 5.32 Å². The fourth-order valence-corrected chi connectivity index (χ4v) is 1.57. The number of aliphatic carboxylic acids is 1. The quantitative estimate of drug-likeness (QED) is 0.602. The zero-order chi connectivity index (χ0) is 14.6. The van der Waals surface area contributed by atoms with E-state index in [4.69, 9.17) is 10.2 Å². The Morgan fingerprint density at radius 2 is 1.89 bits per heavy atom. The van der Waals surface area contributed by atoms with Gasteiger partial charge in [0.1, 0.15) is 6.04 Å². The maximum absolute atomic E-state index is 11.9. The van der Waals surface area contributed by atoms with Crippen LogP contribution in [-0.4, -0.2) is 33.2 Å². The van der Waals surface area contributed by atoms with E-state index in [1.165, 1.54) is 12.1 Å². The lowest BCUT2D eigenvalue weighted by atomic mass is 9.99. The Balaban J connectivity index is 2.87. The lowest BCUT2D eigenvalue weighted by Gasteiger charge is -2.20. The van der Waals surface area contributed by atoms with Crippen LogP contribution in [0.3, 0.4) is 0 Å². The first-order valence-electron chi connectivity index (χ1n) is 5.92. The maximum Gasteiger partial charge on any atom is 0.326 e. The summed E-state index contributed by atoms with van der Waals surface area (Å²) in [4.78, 5) is 23.0. The Labute approximate surface area is 110 Å². The summed E-state index contributed by atoms with van der Waals surface area (Å²) in [6, 6.07) is 2.57. The predicted molar refractivity (Wildman–Crippen MR) is 68.1 cm³/mol. The van der Waals surface area contributed by atoms with Crippen molar-refractivity contribution in [3.8, 4) is 11.5 Å². The molecule has 2 atom stereocenters. The molecule has 0 heterocycles. The maximum atomic E-state index is 11.9. The second-order valence-electron chi connectivity index (χ2n) is 4.38. The minimum Gasteiger partial charge on any atom is -0.504 e. The molecule has 0 unspecified atom stereocenters. The van der Waals surface area contributed by atoms with E-state index in [1.54, 1.807) is 6.92 Å². The lowest BCUT2D eigenvalue weighted by Crippen LogP contribution is -2.45. The van der Waals surface area contributed by atoms with Crippen LogP contribution < -0.4 is 5.32 Å². The van der Waals surface area contributed by atoms with Gasteiger partial charge in [0.2, 0.25) is 0 Å². The summed E-state index contributed by atoms with van der Waals surface area (Å²) in [5, 5.41) is 29.9. The van der Waals surface area contributed by atoms with Crippen LogP contribution in [0.1, 0.15) is 30.6 Å². The highest BCUT2D eigenvalue weighted by atomic mass is 16.4. The molecule has 0 fully saturated rings. The monoisotopic (exact) mass is 267 g/mol. The molecule has 0 spiro atoms. The van der Waals surface area contributed by atoms with Crippen molar-refractivity contribution < 1.29 is 24.9 Å². The number of carbonyl (C=O) groups excluding carboxylic acids is 1. The average molecular weight is 267 g/mol. The van der Waals surface area contributed by atoms with Crippen LogP contribution in [0.25, 0.3) is 0 Å². The lowest BCUT2D eigenvalue weighted by molar-refractivity contribution is -0.140. The van der Waals surface area contributed by atoms with Gasteiger partial charge in [-0.15, -0.1) is 0 Å². The number of nitrogens with one attached hydrogen (secondary N) is 1. The van der Waals surface area contributed by atoms with Crippen molar-refractivity contribution >= 4 is 11.9 Å². The van der Waals surface area contributed by atoms with Gasteiger partial charge in [0.05, 0.1) is 0 Å². The summed E-state index contributed by atoms with van der Waals surface area (Å²) >= 11 is 0. The molecule has 0 aliphatic heterocycles. The Bertz CT molecular complexity index is 486. The number of phenolic OH excluding ortho intramolecular Hbond substituents is 2. The summed E-state index contributed by atoms with van der Waals surface area (Å²) in [6.45, 7) is 3.56. The Morgan fingerprint density at radius 1 is 1.26 bits per heavy atom. The van der Waals surface area contributed by atoms with Crippen LogP contribution in [0, 0.1) is 5.92 Å². The number of hydrogen-bond acceptors (Lipinski definition) is 4. The van der Waals surface area contributed by atoms with E-state index < -0.39 is 23.7 Å². The van der Waals surface area contributed by atoms with Crippen LogP contribution in [0.2, 0.25) is 0 Å². The molecule has 0 saturated heterocycles. The summed E-state index contributed by atoms with van der Waals surface area (Å²) < 4.78 is 0. The van der Waals surface area contributed by atoms with Crippen LogP contribution in [0.5, 0.6) is 11.5 Å². The third-order valence-electron chi connectivity index (χ3n) is 3.00. The highest BCUT2D eigenvalue weighted by Gasteiger charge is 2.25. The number of benzene rings is 1. The number of phenols is 2. The SMILES string of the molecule is CC[C@H](C)[C@H](NC(=O)c1ccc(O)c(O)c1)C(=O)O. The molecule has 0 aliphatic carbocycles. The van der Waals surface area contributed by atoms with Gasteiger partial charge in [0.15, 0.2) is 11.5 Å². The molecule has 1 amide bonds. The van der Waals surface area contributed by atoms with E-state index in [0.29, 0.717) is 6.42 Å². The molecule has 4 N–H and O–H groups in total. The smallest absolute Gasteiger partial charge is 0.326 e. The van der Waals surface area contributed by atoms with Gasteiger partial charge in [-0.25, -0.2) is 4.79 Å². The standard InChI is InChI=1S/C13H17NO5/c1-3-7(2)11(13(18)19)14-12(17)8-4-5-9(15)10(16)6-8/h4-7,11,15-16H,3H2,1-2H3,(H,14,17)(H,18,19)/t7-,11-/m0/s1. The summed E-state index contributed by atoms with van der Waals surface area (Å²) in [5.74, 6) is -2.70. The van der Waals surface area contributed by atoms with Crippen molar-refractivity contribution in [3.63, 3.8) is 0 Å². The number of aromatic hydroxyl groups is 2.